The normalized spacial score (nSPS) is 15.1. The second-order valence-electron chi connectivity index (χ2n) is 7.74. The van der Waals surface area contributed by atoms with Crippen molar-refractivity contribution < 1.29 is 28.6 Å². The van der Waals surface area contributed by atoms with Crippen LogP contribution in [0.2, 0.25) is 0 Å². The molecule has 2 amide bonds. The van der Waals surface area contributed by atoms with Crippen molar-refractivity contribution in [2.24, 2.45) is 0 Å². The lowest BCUT2D eigenvalue weighted by Crippen LogP contribution is -2.47. The lowest BCUT2D eigenvalue weighted by atomic mass is 9.95. The first kappa shape index (κ1) is 24.5. The molecule has 1 atom stereocenters. The van der Waals surface area contributed by atoms with Crippen molar-refractivity contribution in [3.8, 4) is 11.6 Å². The molecule has 11 heteroatoms. The predicted octanol–water partition coefficient (Wildman–Crippen LogP) is 2.61. The number of urea groups is 1. The quantitative estimate of drug-likeness (QED) is 0.460. The summed E-state index contributed by atoms with van der Waals surface area (Å²) in [5.41, 5.74) is 1.65. The van der Waals surface area contributed by atoms with Crippen molar-refractivity contribution >= 4 is 18.0 Å². The molecule has 0 spiro atoms. The Hall–Kier alpha value is -4.67. The van der Waals surface area contributed by atoms with Gasteiger partial charge in [0.05, 0.1) is 42.9 Å². The van der Waals surface area contributed by atoms with Crippen molar-refractivity contribution in [3.63, 3.8) is 0 Å². The maximum absolute atomic E-state index is 12.9. The summed E-state index contributed by atoms with van der Waals surface area (Å²) in [5.74, 6) is -0.138. The first-order valence-electron chi connectivity index (χ1n) is 11.2. The van der Waals surface area contributed by atoms with Gasteiger partial charge in [0.1, 0.15) is 17.9 Å². The van der Waals surface area contributed by atoms with E-state index in [4.69, 9.17) is 14.2 Å². The number of hydrogen-bond donors (Lipinski definition) is 2. The lowest BCUT2D eigenvalue weighted by Gasteiger charge is -2.29. The molecule has 11 nitrogen and oxygen atoms in total. The van der Waals surface area contributed by atoms with E-state index in [1.54, 1.807) is 63.6 Å². The van der Waals surface area contributed by atoms with E-state index in [1.807, 2.05) is 6.07 Å². The molecule has 0 saturated heterocycles. The van der Waals surface area contributed by atoms with Gasteiger partial charge in [-0.15, -0.1) is 0 Å². The molecule has 1 aliphatic heterocycles. The van der Waals surface area contributed by atoms with E-state index in [2.05, 4.69) is 20.7 Å². The molecule has 0 radical (unpaired) electrons. The minimum Gasteiger partial charge on any atom is -0.497 e. The number of amides is 2. The molecule has 0 fully saturated rings. The number of ether oxygens (including phenoxy) is 3. The SMILES string of the molecule is CCOC(=O)C1=C(COC(=O)c2cnn(-c3ccccn3)c2C)NC(=O)NC1c1ccc(OC)cc1. The van der Waals surface area contributed by atoms with E-state index in [1.165, 1.54) is 10.9 Å². The molecule has 1 aliphatic rings. The Morgan fingerprint density at radius 3 is 2.53 bits per heavy atom. The number of aromatic nitrogens is 3. The number of rotatable bonds is 8. The minimum absolute atomic E-state index is 0.126. The molecule has 0 saturated carbocycles. The Labute approximate surface area is 207 Å². The van der Waals surface area contributed by atoms with E-state index in [9.17, 15) is 14.4 Å². The molecule has 3 heterocycles. The summed E-state index contributed by atoms with van der Waals surface area (Å²) in [4.78, 5) is 42.4. The Kier molecular flexibility index (Phi) is 7.28. The average molecular weight is 492 g/mol. The Morgan fingerprint density at radius 1 is 1.08 bits per heavy atom. The zero-order valence-corrected chi connectivity index (χ0v) is 20.0. The highest BCUT2D eigenvalue weighted by atomic mass is 16.5. The molecule has 2 N–H and O–H groups in total. The van der Waals surface area contributed by atoms with Crippen LogP contribution in [0, 0.1) is 6.92 Å². The number of nitrogens with one attached hydrogen (secondary N) is 2. The smallest absolute Gasteiger partial charge is 0.342 e. The summed E-state index contributed by atoms with van der Waals surface area (Å²) in [6.07, 6.45) is 3.00. The van der Waals surface area contributed by atoms with Gasteiger partial charge in [-0.25, -0.2) is 24.0 Å². The summed E-state index contributed by atoms with van der Waals surface area (Å²) in [6, 6.07) is 10.9. The third-order valence-electron chi connectivity index (χ3n) is 5.54. The van der Waals surface area contributed by atoms with Gasteiger partial charge in [-0.3, -0.25) is 0 Å². The van der Waals surface area contributed by atoms with Crippen LogP contribution < -0.4 is 15.4 Å². The molecule has 3 aromatic rings. The largest absolute Gasteiger partial charge is 0.497 e. The van der Waals surface area contributed by atoms with Gasteiger partial charge >= 0.3 is 18.0 Å². The first-order chi connectivity index (χ1) is 17.4. The number of carbonyl (C=O) groups is 3. The lowest BCUT2D eigenvalue weighted by molar-refractivity contribution is -0.139. The summed E-state index contributed by atoms with van der Waals surface area (Å²) < 4.78 is 17.4. The summed E-state index contributed by atoms with van der Waals surface area (Å²) in [6.45, 7) is 3.16. The van der Waals surface area contributed by atoms with Gasteiger partial charge in [0.2, 0.25) is 0 Å². The van der Waals surface area contributed by atoms with Gasteiger partial charge < -0.3 is 24.8 Å². The Morgan fingerprint density at radius 2 is 1.86 bits per heavy atom. The summed E-state index contributed by atoms with van der Waals surface area (Å²) in [5, 5.41) is 9.53. The highest BCUT2D eigenvalue weighted by molar-refractivity contribution is 5.95. The molecule has 186 valence electrons. The third-order valence-corrected chi connectivity index (χ3v) is 5.54. The molecule has 2 aromatic heterocycles. The minimum atomic E-state index is -0.814. The van der Waals surface area contributed by atoms with Crippen LogP contribution in [0.5, 0.6) is 5.75 Å². The van der Waals surface area contributed by atoms with Crippen LogP contribution in [0.1, 0.15) is 34.6 Å². The summed E-state index contributed by atoms with van der Waals surface area (Å²) in [7, 11) is 1.54. The van der Waals surface area contributed by atoms with E-state index in [-0.39, 0.29) is 30.0 Å². The van der Waals surface area contributed by atoms with Crippen molar-refractivity contribution in [1.82, 2.24) is 25.4 Å². The van der Waals surface area contributed by atoms with Crippen LogP contribution in [0.15, 0.2) is 66.1 Å². The topological polar surface area (TPSA) is 134 Å². The number of carbonyl (C=O) groups excluding carboxylic acids is 3. The standard InChI is InChI=1S/C25H25N5O6/c1-4-35-24(32)21-19(28-25(33)29-22(21)16-8-10-17(34-3)11-9-16)14-36-23(31)18-13-27-30(15(18)2)20-7-5-6-12-26-20/h5-13,22H,4,14H2,1-3H3,(H2,28,29,33). The number of nitrogens with zero attached hydrogens (tertiary/aromatic N) is 3. The van der Waals surface area contributed by atoms with Crippen molar-refractivity contribution in [3.05, 3.63) is 82.9 Å². The van der Waals surface area contributed by atoms with Gasteiger partial charge in [-0.1, -0.05) is 18.2 Å². The third kappa shape index (κ3) is 5.04. The molecular formula is C25H25N5O6. The number of methoxy groups -OCH3 is 1. The van der Waals surface area contributed by atoms with Crippen molar-refractivity contribution in [2.75, 3.05) is 20.3 Å². The van der Waals surface area contributed by atoms with Crippen LogP contribution >= 0.6 is 0 Å². The molecule has 1 aromatic carbocycles. The van der Waals surface area contributed by atoms with Crippen LogP contribution in [-0.2, 0) is 14.3 Å². The zero-order chi connectivity index (χ0) is 25.7. The Bertz CT molecular complexity index is 1300. The van der Waals surface area contributed by atoms with Gasteiger partial charge in [0.25, 0.3) is 0 Å². The van der Waals surface area contributed by atoms with Crippen molar-refractivity contribution in [2.45, 2.75) is 19.9 Å². The van der Waals surface area contributed by atoms with E-state index in [0.717, 1.165) is 0 Å². The fraction of sp³-hybridized carbons (Fsp3) is 0.240. The van der Waals surface area contributed by atoms with Crippen LogP contribution in [-0.4, -0.2) is 53.1 Å². The molecule has 1 unspecified atom stereocenters. The monoisotopic (exact) mass is 491 g/mol. The number of hydrogen-bond acceptors (Lipinski definition) is 8. The van der Waals surface area contributed by atoms with Crippen LogP contribution in [0.3, 0.4) is 0 Å². The van der Waals surface area contributed by atoms with Gasteiger partial charge in [-0.05, 0) is 43.7 Å². The van der Waals surface area contributed by atoms with E-state index >= 15 is 0 Å². The van der Waals surface area contributed by atoms with Crippen LogP contribution in [0.4, 0.5) is 4.79 Å². The van der Waals surface area contributed by atoms with Gasteiger partial charge in [0.15, 0.2) is 5.82 Å². The van der Waals surface area contributed by atoms with E-state index < -0.39 is 24.0 Å². The second kappa shape index (κ2) is 10.7. The van der Waals surface area contributed by atoms with Crippen molar-refractivity contribution in [1.29, 1.82) is 0 Å². The number of esters is 2. The number of pyridine rings is 1. The van der Waals surface area contributed by atoms with Crippen LogP contribution in [0.25, 0.3) is 5.82 Å². The number of benzene rings is 1. The molecule has 0 aliphatic carbocycles. The highest BCUT2D eigenvalue weighted by Crippen LogP contribution is 2.29. The van der Waals surface area contributed by atoms with E-state index in [0.29, 0.717) is 22.8 Å². The molecule has 4 rings (SSSR count). The fourth-order valence-corrected chi connectivity index (χ4v) is 3.76. The highest BCUT2D eigenvalue weighted by Gasteiger charge is 2.34. The van der Waals surface area contributed by atoms with Gasteiger partial charge in [0, 0.05) is 6.20 Å². The maximum atomic E-state index is 12.9. The predicted molar refractivity (Wildman–Crippen MR) is 127 cm³/mol. The molecule has 36 heavy (non-hydrogen) atoms. The molecular weight excluding hydrogens is 466 g/mol. The average Bonchev–Trinajstić information content (AvgIpc) is 3.28. The maximum Gasteiger partial charge on any atom is 0.342 e. The molecule has 0 bridgehead atoms. The van der Waals surface area contributed by atoms with Gasteiger partial charge in [-0.2, -0.15) is 5.10 Å². The summed E-state index contributed by atoms with van der Waals surface area (Å²) >= 11 is 0. The second-order valence-corrected chi connectivity index (χ2v) is 7.74. The zero-order valence-electron chi connectivity index (χ0n) is 20.0. The fourth-order valence-electron chi connectivity index (χ4n) is 3.76. The first-order valence-corrected chi connectivity index (χ1v) is 11.2. The Balaban J connectivity index is 1.61.